The van der Waals surface area contributed by atoms with Gasteiger partial charge in [-0.25, -0.2) is 0 Å². The van der Waals surface area contributed by atoms with Gasteiger partial charge < -0.3 is 4.74 Å². The van der Waals surface area contributed by atoms with E-state index in [1.54, 1.807) is 0 Å². The number of ether oxygens (including phenoxy) is 1. The topological polar surface area (TPSA) is 9.23 Å². The molecule has 16 heavy (non-hydrogen) atoms. The molecule has 1 heteroatoms. The van der Waals surface area contributed by atoms with Crippen LogP contribution in [0.5, 0.6) is 0 Å². The Kier molecular flexibility index (Phi) is 2.67. The highest BCUT2D eigenvalue weighted by Gasteiger charge is 2.48. The van der Waals surface area contributed by atoms with E-state index in [0.717, 1.165) is 6.42 Å². The summed E-state index contributed by atoms with van der Waals surface area (Å²) >= 11 is 0. The van der Waals surface area contributed by atoms with Crippen LogP contribution < -0.4 is 0 Å². The molecule has 1 nitrogen and oxygen atoms in total. The fraction of sp³-hybridized carbons (Fsp3) is 0.733. The van der Waals surface area contributed by atoms with Gasteiger partial charge in [0.15, 0.2) is 0 Å². The molecule has 1 aliphatic heterocycles. The summed E-state index contributed by atoms with van der Waals surface area (Å²) in [6, 6.07) is 0. The molecule has 1 aliphatic carbocycles. The number of fused-ring (bicyclic) bond motifs is 1. The van der Waals surface area contributed by atoms with Crippen LogP contribution in [-0.4, -0.2) is 11.2 Å². The van der Waals surface area contributed by atoms with E-state index in [2.05, 4.69) is 32.8 Å². The lowest BCUT2D eigenvalue weighted by Crippen LogP contribution is -2.53. The summed E-state index contributed by atoms with van der Waals surface area (Å²) in [5, 5.41) is 0. The van der Waals surface area contributed by atoms with Gasteiger partial charge in [-0.2, -0.15) is 0 Å². The molecule has 0 aromatic heterocycles. The summed E-state index contributed by atoms with van der Waals surface area (Å²) in [6.07, 6.45) is 11.5. The summed E-state index contributed by atoms with van der Waals surface area (Å²) in [7, 11) is 0. The molecule has 88 valence electrons. The van der Waals surface area contributed by atoms with Crippen LogP contribution in [-0.2, 0) is 4.74 Å². The van der Waals surface area contributed by atoms with E-state index >= 15 is 0 Å². The van der Waals surface area contributed by atoms with E-state index in [4.69, 9.17) is 11.2 Å². The van der Waals surface area contributed by atoms with Crippen molar-refractivity contribution in [2.75, 3.05) is 0 Å². The first-order valence-electron chi connectivity index (χ1n) is 6.21. The second-order valence-corrected chi connectivity index (χ2v) is 6.11. The molecule has 3 atom stereocenters. The van der Waals surface area contributed by atoms with Crippen LogP contribution in [0.2, 0.25) is 0 Å². The third-order valence-electron chi connectivity index (χ3n) is 4.18. The van der Waals surface area contributed by atoms with Gasteiger partial charge in [0.25, 0.3) is 0 Å². The number of hydrogen-bond donors (Lipinski definition) is 0. The number of terminal acetylenes is 1. The van der Waals surface area contributed by atoms with Crippen molar-refractivity contribution in [2.24, 2.45) is 11.8 Å². The van der Waals surface area contributed by atoms with E-state index in [1.807, 2.05) is 6.92 Å². The SMILES string of the molecule is C#C[C@]1(C)C[C@H]2C=C(C)CC[C@H]2C(C)(C)O1. The lowest BCUT2D eigenvalue weighted by Gasteiger charge is -2.51. The summed E-state index contributed by atoms with van der Waals surface area (Å²) in [6.45, 7) is 8.65. The second kappa shape index (κ2) is 3.64. The molecule has 0 aromatic carbocycles. The third-order valence-corrected chi connectivity index (χ3v) is 4.18. The van der Waals surface area contributed by atoms with Gasteiger partial charge in [0, 0.05) is 0 Å². The second-order valence-electron chi connectivity index (χ2n) is 6.11. The van der Waals surface area contributed by atoms with Gasteiger partial charge in [-0.15, -0.1) is 6.42 Å². The average molecular weight is 218 g/mol. The molecule has 0 unspecified atom stereocenters. The zero-order valence-corrected chi connectivity index (χ0v) is 10.8. The minimum atomic E-state index is -0.390. The molecule has 1 saturated heterocycles. The van der Waals surface area contributed by atoms with Gasteiger partial charge in [-0.3, -0.25) is 0 Å². The molecule has 0 radical (unpaired) electrons. The predicted molar refractivity (Wildman–Crippen MR) is 67.0 cm³/mol. The zero-order valence-electron chi connectivity index (χ0n) is 10.8. The van der Waals surface area contributed by atoms with Gasteiger partial charge in [0.2, 0.25) is 0 Å². The monoisotopic (exact) mass is 218 g/mol. The Bertz CT molecular complexity index is 358. The fourth-order valence-corrected chi connectivity index (χ4v) is 3.46. The van der Waals surface area contributed by atoms with Crippen LogP contribution >= 0.6 is 0 Å². The van der Waals surface area contributed by atoms with Crippen molar-refractivity contribution in [3.63, 3.8) is 0 Å². The van der Waals surface area contributed by atoms with Crippen molar-refractivity contribution in [3.8, 4) is 12.3 Å². The highest BCUT2D eigenvalue weighted by atomic mass is 16.5. The van der Waals surface area contributed by atoms with Gasteiger partial charge in [0.1, 0.15) is 5.60 Å². The Hall–Kier alpha value is -0.740. The third kappa shape index (κ3) is 1.92. The van der Waals surface area contributed by atoms with Crippen molar-refractivity contribution in [3.05, 3.63) is 11.6 Å². The summed E-state index contributed by atoms with van der Waals surface area (Å²) < 4.78 is 6.15. The summed E-state index contributed by atoms with van der Waals surface area (Å²) in [5.74, 6) is 4.05. The van der Waals surface area contributed by atoms with E-state index in [9.17, 15) is 0 Å². The smallest absolute Gasteiger partial charge is 0.126 e. The van der Waals surface area contributed by atoms with E-state index in [-0.39, 0.29) is 5.60 Å². The van der Waals surface area contributed by atoms with Gasteiger partial charge >= 0.3 is 0 Å². The molecular formula is C15H22O. The van der Waals surface area contributed by atoms with E-state index < -0.39 is 5.60 Å². The van der Waals surface area contributed by atoms with Crippen LogP contribution in [0, 0.1) is 24.2 Å². The molecule has 2 aliphatic rings. The van der Waals surface area contributed by atoms with Crippen LogP contribution in [0.3, 0.4) is 0 Å². The predicted octanol–water partition coefficient (Wildman–Crippen LogP) is 3.55. The van der Waals surface area contributed by atoms with Crippen molar-refractivity contribution in [1.29, 1.82) is 0 Å². The standard InChI is InChI=1S/C15H22O/c1-6-15(5)10-12-9-11(2)7-8-13(12)14(3,4)16-15/h1,9,12-13H,7-8,10H2,2-5H3/t12-,13-,15-/m1/s1. The molecular weight excluding hydrogens is 196 g/mol. The first-order chi connectivity index (χ1) is 7.36. The molecule has 1 heterocycles. The lowest BCUT2D eigenvalue weighted by atomic mass is 9.66. The maximum atomic E-state index is 6.15. The van der Waals surface area contributed by atoms with Crippen LogP contribution in [0.25, 0.3) is 0 Å². The fourth-order valence-electron chi connectivity index (χ4n) is 3.46. The highest BCUT2D eigenvalue weighted by molar-refractivity contribution is 5.18. The summed E-state index contributed by atoms with van der Waals surface area (Å²) in [4.78, 5) is 0. The van der Waals surface area contributed by atoms with Gasteiger partial charge in [-0.1, -0.05) is 17.6 Å². The Morgan fingerprint density at radius 3 is 2.75 bits per heavy atom. The number of allylic oxidation sites excluding steroid dienone is 2. The molecule has 2 rings (SSSR count). The molecule has 0 aromatic rings. The molecule has 0 amide bonds. The number of hydrogen-bond acceptors (Lipinski definition) is 1. The molecule has 0 spiro atoms. The molecule has 0 N–H and O–H groups in total. The van der Waals surface area contributed by atoms with Crippen molar-refractivity contribution >= 4 is 0 Å². The van der Waals surface area contributed by atoms with Gasteiger partial charge in [0.05, 0.1) is 5.60 Å². The molecule has 0 bridgehead atoms. The van der Waals surface area contributed by atoms with E-state index in [1.165, 1.54) is 18.4 Å². The first-order valence-corrected chi connectivity index (χ1v) is 6.21. The maximum Gasteiger partial charge on any atom is 0.126 e. The van der Waals surface area contributed by atoms with Crippen LogP contribution in [0.4, 0.5) is 0 Å². The van der Waals surface area contributed by atoms with Crippen LogP contribution in [0.15, 0.2) is 11.6 Å². The average Bonchev–Trinajstić information content (AvgIpc) is 2.15. The van der Waals surface area contributed by atoms with Crippen molar-refractivity contribution in [2.45, 2.75) is 58.2 Å². The van der Waals surface area contributed by atoms with Crippen LogP contribution in [0.1, 0.15) is 47.0 Å². The minimum absolute atomic E-state index is 0.0960. The Labute approximate surface area is 99.3 Å². The van der Waals surface area contributed by atoms with Crippen molar-refractivity contribution in [1.82, 2.24) is 0 Å². The number of rotatable bonds is 0. The van der Waals surface area contributed by atoms with E-state index in [0.29, 0.717) is 11.8 Å². The quantitative estimate of drug-likeness (QED) is 0.446. The largest absolute Gasteiger partial charge is 0.356 e. The van der Waals surface area contributed by atoms with Gasteiger partial charge in [-0.05, 0) is 58.8 Å². The highest BCUT2D eigenvalue weighted by Crippen LogP contribution is 2.48. The Morgan fingerprint density at radius 1 is 1.44 bits per heavy atom. The molecule has 1 fully saturated rings. The lowest BCUT2D eigenvalue weighted by molar-refractivity contribution is -0.184. The Morgan fingerprint density at radius 2 is 2.12 bits per heavy atom. The molecule has 0 saturated carbocycles. The Balaban J connectivity index is 2.32. The maximum absolute atomic E-state index is 6.15. The zero-order chi connectivity index (χ0) is 12.0. The normalized spacial score (nSPS) is 41.8. The van der Waals surface area contributed by atoms with Crippen molar-refractivity contribution < 1.29 is 4.74 Å². The first kappa shape index (κ1) is 11.7. The minimum Gasteiger partial charge on any atom is -0.356 e. The summed E-state index contributed by atoms with van der Waals surface area (Å²) in [5.41, 5.74) is 1.03.